The number of nitrogens with one attached hydrogen (secondary N) is 1. The molecule has 3 aliphatic rings. The third-order valence-electron chi connectivity index (χ3n) is 7.13. The number of anilines is 1. The Morgan fingerprint density at radius 3 is 2.67 bits per heavy atom. The topological polar surface area (TPSA) is 35.6 Å². The van der Waals surface area contributed by atoms with Crippen molar-refractivity contribution in [1.82, 2.24) is 10.2 Å². The summed E-state index contributed by atoms with van der Waals surface area (Å²) >= 11 is 0. The number of rotatable bonds is 6. The molecule has 2 aliphatic heterocycles. The molecule has 1 amide bonds. The molecule has 0 unspecified atom stereocenters. The number of hydrogen-bond donors (Lipinski definition) is 1. The quantitative estimate of drug-likeness (QED) is 0.742. The van der Waals surface area contributed by atoms with Crippen LogP contribution in [0.25, 0.3) is 0 Å². The van der Waals surface area contributed by atoms with Crippen LogP contribution in [0.15, 0.2) is 36.4 Å². The van der Waals surface area contributed by atoms with Crippen molar-refractivity contribution in [2.24, 2.45) is 0 Å². The summed E-state index contributed by atoms with van der Waals surface area (Å²) in [6.45, 7) is 6.51. The van der Waals surface area contributed by atoms with Crippen molar-refractivity contribution in [3.63, 3.8) is 0 Å². The molecule has 0 spiro atoms. The maximum Gasteiger partial charge on any atom is 0.251 e. The highest BCUT2D eigenvalue weighted by molar-refractivity contribution is 5.98. The van der Waals surface area contributed by atoms with E-state index in [9.17, 15) is 4.79 Å². The van der Waals surface area contributed by atoms with Crippen molar-refractivity contribution in [3.8, 4) is 0 Å². The van der Waals surface area contributed by atoms with Crippen LogP contribution in [0.1, 0.15) is 58.3 Å². The Morgan fingerprint density at radius 1 is 0.900 bits per heavy atom. The average Bonchev–Trinajstić information content (AvgIpc) is 3.17. The minimum Gasteiger partial charge on any atom is -0.369 e. The Bertz CT molecular complexity index is 914. The van der Waals surface area contributed by atoms with Gasteiger partial charge in [0.25, 0.3) is 5.91 Å². The van der Waals surface area contributed by atoms with E-state index >= 15 is 0 Å². The first-order chi connectivity index (χ1) is 14.8. The zero-order valence-electron chi connectivity index (χ0n) is 18.0. The lowest BCUT2D eigenvalue weighted by atomic mass is 9.90. The van der Waals surface area contributed by atoms with E-state index < -0.39 is 0 Å². The number of unbranched alkanes of at least 4 members (excludes halogenated alkanes) is 1. The summed E-state index contributed by atoms with van der Waals surface area (Å²) in [5, 5.41) is 2.90. The van der Waals surface area contributed by atoms with Gasteiger partial charge in [0, 0.05) is 44.0 Å². The van der Waals surface area contributed by atoms with Crippen molar-refractivity contribution in [2.75, 3.05) is 37.6 Å². The van der Waals surface area contributed by atoms with Crippen molar-refractivity contribution in [3.05, 3.63) is 64.2 Å². The number of piperazine rings is 1. The standard InChI is InChI=1S/C26H33N3O/c30-26-24-18-20(11-12-22(24)19-27-26)6-3-4-13-28-14-16-29(17-15-28)25-10-5-8-21-7-1-2-9-23(21)25/h5,8,10-12,18H,1-4,6-7,9,13-17,19H2,(H,27,30). The zero-order valence-corrected chi connectivity index (χ0v) is 18.0. The van der Waals surface area contributed by atoms with Gasteiger partial charge in [-0.3, -0.25) is 9.69 Å². The number of carbonyl (C=O) groups is 1. The third-order valence-corrected chi connectivity index (χ3v) is 7.13. The molecule has 30 heavy (non-hydrogen) atoms. The smallest absolute Gasteiger partial charge is 0.251 e. The van der Waals surface area contributed by atoms with Gasteiger partial charge in [0.05, 0.1) is 0 Å². The van der Waals surface area contributed by atoms with Gasteiger partial charge in [0.2, 0.25) is 0 Å². The molecule has 0 atom stereocenters. The number of benzene rings is 2. The second-order valence-corrected chi connectivity index (χ2v) is 9.08. The van der Waals surface area contributed by atoms with Crippen molar-refractivity contribution < 1.29 is 4.79 Å². The summed E-state index contributed by atoms with van der Waals surface area (Å²) in [5.41, 5.74) is 8.04. The molecule has 4 nitrogen and oxygen atoms in total. The molecule has 1 saturated heterocycles. The first kappa shape index (κ1) is 19.6. The van der Waals surface area contributed by atoms with Crippen LogP contribution in [0.2, 0.25) is 0 Å². The van der Waals surface area contributed by atoms with E-state index in [2.05, 4.69) is 51.5 Å². The lowest BCUT2D eigenvalue weighted by molar-refractivity contribution is 0.0965. The molecule has 4 heteroatoms. The van der Waals surface area contributed by atoms with Gasteiger partial charge < -0.3 is 10.2 Å². The summed E-state index contributed by atoms with van der Waals surface area (Å²) in [4.78, 5) is 17.1. The van der Waals surface area contributed by atoms with E-state index in [4.69, 9.17) is 0 Å². The molecule has 0 aromatic heterocycles. The van der Waals surface area contributed by atoms with Crippen molar-refractivity contribution >= 4 is 11.6 Å². The Morgan fingerprint density at radius 2 is 1.77 bits per heavy atom. The fourth-order valence-electron chi connectivity index (χ4n) is 5.35. The SMILES string of the molecule is O=C1NCc2ccc(CCCCN3CCN(c4cccc5c4CCCC5)CC3)cc21. The van der Waals surface area contributed by atoms with Crippen LogP contribution in [0.3, 0.4) is 0 Å². The van der Waals surface area contributed by atoms with Crippen molar-refractivity contribution in [2.45, 2.75) is 51.5 Å². The van der Waals surface area contributed by atoms with E-state index in [1.54, 1.807) is 11.1 Å². The first-order valence-electron chi connectivity index (χ1n) is 11.8. The summed E-state index contributed by atoms with van der Waals surface area (Å²) in [6.07, 6.45) is 8.70. The Hall–Kier alpha value is -2.33. The van der Waals surface area contributed by atoms with Crippen LogP contribution in [-0.2, 0) is 25.8 Å². The van der Waals surface area contributed by atoms with Gasteiger partial charge in [-0.2, -0.15) is 0 Å². The Labute approximate surface area is 180 Å². The molecule has 1 N–H and O–H groups in total. The Balaban J connectivity index is 1.08. The van der Waals surface area contributed by atoms with Crippen LogP contribution in [-0.4, -0.2) is 43.5 Å². The van der Waals surface area contributed by atoms with Crippen molar-refractivity contribution in [1.29, 1.82) is 0 Å². The number of fused-ring (bicyclic) bond motifs is 2. The van der Waals surface area contributed by atoms with Gasteiger partial charge >= 0.3 is 0 Å². The maximum atomic E-state index is 11.8. The van der Waals surface area contributed by atoms with Gasteiger partial charge in [-0.1, -0.05) is 24.3 Å². The fraction of sp³-hybridized carbons (Fsp3) is 0.500. The lowest BCUT2D eigenvalue weighted by Crippen LogP contribution is -2.47. The number of aryl methyl sites for hydroxylation is 2. The summed E-state index contributed by atoms with van der Waals surface area (Å²) in [5.74, 6) is 0.0874. The van der Waals surface area contributed by atoms with Gasteiger partial charge in [-0.05, 0) is 85.9 Å². The largest absolute Gasteiger partial charge is 0.369 e. The van der Waals surface area contributed by atoms with Crippen LogP contribution < -0.4 is 10.2 Å². The number of hydrogen-bond acceptors (Lipinski definition) is 3. The second kappa shape index (κ2) is 8.81. The van der Waals surface area contributed by atoms with Gasteiger partial charge in [-0.15, -0.1) is 0 Å². The molecule has 0 radical (unpaired) electrons. The predicted molar refractivity (Wildman–Crippen MR) is 122 cm³/mol. The molecule has 0 saturated carbocycles. The highest BCUT2D eigenvalue weighted by atomic mass is 16.1. The van der Waals surface area contributed by atoms with E-state index in [0.717, 1.165) is 30.6 Å². The van der Waals surface area contributed by atoms with Crippen LogP contribution in [0.5, 0.6) is 0 Å². The fourth-order valence-corrected chi connectivity index (χ4v) is 5.35. The monoisotopic (exact) mass is 403 g/mol. The lowest BCUT2D eigenvalue weighted by Gasteiger charge is -2.38. The minimum atomic E-state index is 0.0874. The molecule has 5 rings (SSSR count). The molecule has 1 fully saturated rings. The molecular formula is C26H33N3O. The van der Waals surface area contributed by atoms with Crippen LogP contribution in [0.4, 0.5) is 5.69 Å². The summed E-state index contributed by atoms with van der Waals surface area (Å²) in [7, 11) is 0. The predicted octanol–water partition coefficient (Wildman–Crippen LogP) is 3.95. The molecular weight excluding hydrogens is 370 g/mol. The van der Waals surface area contributed by atoms with Gasteiger partial charge in [0.15, 0.2) is 0 Å². The molecule has 158 valence electrons. The minimum absolute atomic E-state index is 0.0874. The highest BCUT2D eigenvalue weighted by Crippen LogP contribution is 2.31. The first-order valence-corrected chi connectivity index (χ1v) is 11.8. The summed E-state index contributed by atoms with van der Waals surface area (Å²) in [6, 6.07) is 13.3. The number of nitrogens with zero attached hydrogens (tertiary/aromatic N) is 2. The number of amides is 1. The van der Waals surface area contributed by atoms with E-state index in [1.807, 2.05) is 0 Å². The third kappa shape index (κ3) is 4.11. The molecule has 2 aromatic carbocycles. The zero-order chi connectivity index (χ0) is 20.3. The second-order valence-electron chi connectivity index (χ2n) is 9.08. The Kier molecular flexibility index (Phi) is 5.76. The molecule has 2 aromatic rings. The average molecular weight is 404 g/mol. The van der Waals surface area contributed by atoms with E-state index in [1.165, 1.54) is 69.4 Å². The van der Waals surface area contributed by atoms with E-state index in [0.29, 0.717) is 6.54 Å². The van der Waals surface area contributed by atoms with Crippen LogP contribution >= 0.6 is 0 Å². The van der Waals surface area contributed by atoms with E-state index in [-0.39, 0.29) is 5.91 Å². The molecule has 2 heterocycles. The number of carbonyl (C=O) groups excluding carboxylic acids is 1. The summed E-state index contributed by atoms with van der Waals surface area (Å²) < 4.78 is 0. The normalized spacial score (nSPS) is 18.8. The highest BCUT2D eigenvalue weighted by Gasteiger charge is 2.22. The molecule has 1 aliphatic carbocycles. The van der Waals surface area contributed by atoms with Crippen LogP contribution in [0, 0.1) is 0 Å². The van der Waals surface area contributed by atoms with Gasteiger partial charge in [0.1, 0.15) is 0 Å². The molecule has 0 bridgehead atoms. The van der Waals surface area contributed by atoms with Gasteiger partial charge in [-0.25, -0.2) is 0 Å². The maximum absolute atomic E-state index is 11.8.